The van der Waals surface area contributed by atoms with Crippen LogP contribution in [0.5, 0.6) is 0 Å². The minimum atomic E-state index is -3.65. The molecule has 0 heterocycles. The van der Waals surface area contributed by atoms with Gasteiger partial charge in [0.15, 0.2) is 6.10 Å². The lowest BCUT2D eigenvalue weighted by molar-refractivity contribution is -1.63. The van der Waals surface area contributed by atoms with E-state index in [0.717, 1.165) is 5.56 Å². The standard InChI is InChI=1S/C8H10INO3/c10-6-8(13-9(11)12)7-4-2-1-3-5-7/h1-5,8H,6,10H2. The van der Waals surface area contributed by atoms with Crippen molar-refractivity contribution in [3.63, 3.8) is 0 Å². The molecule has 1 aromatic rings. The van der Waals surface area contributed by atoms with Gasteiger partial charge in [0.1, 0.15) is 0 Å². The van der Waals surface area contributed by atoms with Gasteiger partial charge in [-0.05, 0) is 8.63 Å². The van der Waals surface area contributed by atoms with Gasteiger partial charge in [0.2, 0.25) is 0 Å². The van der Waals surface area contributed by atoms with E-state index in [0.29, 0.717) is 0 Å². The van der Waals surface area contributed by atoms with Crippen molar-refractivity contribution in [2.45, 2.75) is 6.10 Å². The predicted molar refractivity (Wildman–Crippen MR) is 39.3 cm³/mol. The largest absolute Gasteiger partial charge is 0.507 e. The highest BCUT2D eigenvalue weighted by Crippen LogP contribution is 2.11. The summed E-state index contributed by atoms with van der Waals surface area (Å²) in [7, 11) is 0. The molecule has 0 saturated heterocycles. The fourth-order valence-corrected chi connectivity index (χ4v) is 1.98. The zero-order valence-corrected chi connectivity index (χ0v) is 9.01. The first-order chi connectivity index (χ1) is 6.24. The molecule has 1 atom stereocenters. The minimum absolute atomic E-state index is 0.169. The van der Waals surface area contributed by atoms with E-state index in [4.69, 9.17) is 8.80 Å². The molecule has 0 aliphatic heterocycles. The van der Waals surface area contributed by atoms with E-state index in [-0.39, 0.29) is 6.54 Å². The van der Waals surface area contributed by atoms with Gasteiger partial charge in [0, 0.05) is 6.54 Å². The zero-order valence-electron chi connectivity index (χ0n) is 6.85. The maximum Gasteiger partial charge on any atom is 0.507 e. The SMILES string of the molecule is NCC(O[I+2]([O-])[O-])c1ccccc1. The van der Waals surface area contributed by atoms with E-state index in [1.54, 1.807) is 12.1 Å². The Hall–Kier alpha value is -0.210. The average molecular weight is 295 g/mol. The molecule has 4 nitrogen and oxygen atoms in total. The normalized spacial score (nSPS) is 13.2. The maximum atomic E-state index is 10.4. The van der Waals surface area contributed by atoms with Gasteiger partial charge in [0.05, 0.1) is 0 Å². The third-order valence-electron chi connectivity index (χ3n) is 1.57. The van der Waals surface area contributed by atoms with Crippen LogP contribution in [0.15, 0.2) is 30.3 Å². The van der Waals surface area contributed by atoms with Crippen molar-refractivity contribution in [2.75, 3.05) is 6.54 Å². The Balaban J connectivity index is 2.67. The van der Waals surface area contributed by atoms with E-state index in [1.807, 2.05) is 18.2 Å². The first-order valence-electron chi connectivity index (χ1n) is 3.71. The Morgan fingerprint density at radius 1 is 1.31 bits per heavy atom. The van der Waals surface area contributed by atoms with Gasteiger partial charge in [-0.3, -0.25) is 0 Å². The van der Waals surface area contributed by atoms with E-state index >= 15 is 0 Å². The van der Waals surface area contributed by atoms with E-state index < -0.39 is 27.2 Å². The van der Waals surface area contributed by atoms with Crippen LogP contribution < -0.4 is 33.7 Å². The smallest absolute Gasteiger partial charge is 0.396 e. The highest BCUT2D eigenvalue weighted by molar-refractivity contribution is 5.17. The lowest BCUT2D eigenvalue weighted by atomic mass is 10.1. The average Bonchev–Trinajstić information content (AvgIpc) is 2.15. The van der Waals surface area contributed by atoms with E-state index in [1.165, 1.54) is 0 Å². The first-order valence-corrected chi connectivity index (χ1v) is 6.36. The monoisotopic (exact) mass is 295 g/mol. The van der Waals surface area contributed by atoms with Crippen molar-refractivity contribution in [1.29, 1.82) is 0 Å². The summed E-state index contributed by atoms with van der Waals surface area (Å²) in [6, 6.07) is 9.06. The second kappa shape index (κ2) is 5.51. The summed E-state index contributed by atoms with van der Waals surface area (Å²) >= 11 is -3.65. The lowest BCUT2D eigenvalue weighted by Crippen LogP contribution is -3.99. The van der Waals surface area contributed by atoms with Crippen LogP contribution in [-0.2, 0) is 3.07 Å². The van der Waals surface area contributed by atoms with Gasteiger partial charge in [-0.15, -0.1) is 0 Å². The summed E-state index contributed by atoms with van der Waals surface area (Å²) in [6.07, 6.45) is -0.526. The van der Waals surface area contributed by atoms with Crippen LogP contribution in [0, 0.1) is 0 Å². The Morgan fingerprint density at radius 3 is 2.38 bits per heavy atom. The van der Waals surface area contributed by atoms with Crippen molar-refractivity contribution < 1.29 is 31.0 Å². The van der Waals surface area contributed by atoms with Crippen LogP contribution in [0.1, 0.15) is 11.7 Å². The van der Waals surface area contributed by atoms with Crippen LogP contribution in [0.2, 0.25) is 0 Å². The second-order valence-corrected chi connectivity index (χ2v) is 4.00. The van der Waals surface area contributed by atoms with Gasteiger partial charge in [0.25, 0.3) is 0 Å². The number of rotatable bonds is 4. The Labute approximate surface area is 85.4 Å². The molecular weight excluding hydrogens is 285 g/mol. The molecular formula is C8H10INO3. The Morgan fingerprint density at radius 2 is 1.92 bits per heavy atom. The fourth-order valence-electron chi connectivity index (χ4n) is 0.979. The van der Waals surface area contributed by atoms with Crippen molar-refractivity contribution in [1.82, 2.24) is 0 Å². The third kappa shape index (κ3) is 3.57. The quantitative estimate of drug-likeness (QED) is 0.571. The van der Waals surface area contributed by atoms with Crippen LogP contribution in [0.3, 0.4) is 0 Å². The first kappa shape index (κ1) is 10.9. The zero-order chi connectivity index (χ0) is 9.68. The number of halogens is 1. The molecule has 2 N–H and O–H groups in total. The molecule has 0 bridgehead atoms. The summed E-state index contributed by atoms with van der Waals surface area (Å²) in [5, 5.41) is 0. The highest BCUT2D eigenvalue weighted by Gasteiger charge is 2.23. The van der Waals surface area contributed by atoms with Gasteiger partial charge in [-0.1, -0.05) is 30.3 Å². The molecule has 1 unspecified atom stereocenters. The third-order valence-corrected chi connectivity index (χ3v) is 2.59. The van der Waals surface area contributed by atoms with Crippen LogP contribution >= 0.6 is 0 Å². The van der Waals surface area contributed by atoms with Crippen LogP contribution in [-0.4, -0.2) is 6.54 Å². The van der Waals surface area contributed by atoms with Gasteiger partial charge in [-0.25, -0.2) is 0 Å². The minimum Gasteiger partial charge on any atom is -0.396 e. The molecule has 72 valence electrons. The van der Waals surface area contributed by atoms with Crippen LogP contribution in [0.25, 0.3) is 0 Å². The van der Waals surface area contributed by atoms with Gasteiger partial charge in [-0.2, -0.15) is 0 Å². The number of hydrogen-bond acceptors (Lipinski definition) is 4. The molecule has 0 amide bonds. The molecule has 0 aromatic heterocycles. The van der Waals surface area contributed by atoms with E-state index in [2.05, 4.69) is 0 Å². The Bertz CT molecular complexity index is 242. The number of hydrogen-bond donors (Lipinski definition) is 1. The van der Waals surface area contributed by atoms with Gasteiger partial charge < -0.3 is 12.6 Å². The van der Waals surface area contributed by atoms with Crippen LogP contribution in [0.4, 0.5) is 0 Å². The highest BCUT2D eigenvalue weighted by atomic mass is 127. The fraction of sp³-hybridized carbons (Fsp3) is 0.250. The molecule has 0 aliphatic carbocycles. The topological polar surface area (TPSA) is 81.4 Å². The molecule has 0 saturated carbocycles. The number of benzene rings is 1. The van der Waals surface area contributed by atoms with Crippen molar-refractivity contribution in [3.05, 3.63) is 35.9 Å². The molecule has 0 spiro atoms. The van der Waals surface area contributed by atoms with Crippen molar-refractivity contribution in [3.8, 4) is 0 Å². The molecule has 0 fully saturated rings. The summed E-state index contributed by atoms with van der Waals surface area (Å²) in [4.78, 5) is 0. The molecule has 1 aromatic carbocycles. The molecule has 0 radical (unpaired) electrons. The second-order valence-electron chi connectivity index (χ2n) is 2.41. The lowest BCUT2D eigenvalue weighted by Gasteiger charge is -2.07. The summed E-state index contributed by atoms with van der Waals surface area (Å²) in [5.74, 6) is 0. The molecule has 5 heteroatoms. The number of nitrogens with two attached hydrogens (primary N) is 1. The van der Waals surface area contributed by atoms with Gasteiger partial charge >= 0.3 is 21.1 Å². The predicted octanol–water partition coefficient (Wildman–Crippen LogP) is -4.21. The molecule has 0 aliphatic rings. The summed E-state index contributed by atoms with van der Waals surface area (Å²) in [6.45, 7) is 0.169. The molecule has 1 rings (SSSR count). The Kier molecular flexibility index (Phi) is 4.60. The van der Waals surface area contributed by atoms with E-state index in [9.17, 15) is 6.87 Å². The van der Waals surface area contributed by atoms with Crippen molar-refractivity contribution >= 4 is 0 Å². The summed E-state index contributed by atoms with van der Waals surface area (Å²) < 4.78 is 25.5. The summed E-state index contributed by atoms with van der Waals surface area (Å²) in [5.41, 5.74) is 6.17. The maximum absolute atomic E-state index is 10.4. The molecule has 13 heavy (non-hydrogen) atoms. The van der Waals surface area contributed by atoms with Crippen molar-refractivity contribution in [2.24, 2.45) is 5.73 Å².